The van der Waals surface area contributed by atoms with Gasteiger partial charge in [0, 0.05) is 6.92 Å². The van der Waals surface area contributed by atoms with Crippen LogP contribution in [0.2, 0.25) is 0 Å². The molecule has 3 nitrogen and oxygen atoms in total. The molecule has 27 heavy (non-hydrogen) atoms. The number of hydrogen-bond donors (Lipinski definition) is 1. The second-order valence-electron chi connectivity index (χ2n) is 7.93. The first-order valence-corrected chi connectivity index (χ1v) is 10.8. The Hall–Kier alpha value is -1.35. The number of rotatable bonds is 14. The van der Waals surface area contributed by atoms with E-state index < -0.39 is 6.10 Å². The maximum atomic E-state index is 10.7. The van der Waals surface area contributed by atoms with Gasteiger partial charge in [-0.1, -0.05) is 76.0 Å². The minimum atomic E-state index is -0.517. The molecular formula is C24H40O3. The lowest BCUT2D eigenvalue weighted by atomic mass is 9.89. The monoisotopic (exact) mass is 376 g/mol. The average molecular weight is 377 g/mol. The third-order valence-electron chi connectivity index (χ3n) is 5.25. The van der Waals surface area contributed by atoms with Crippen LogP contribution in [-0.4, -0.2) is 23.8 Å². The van der Waals surface area contributed by atoms with E-state index in [1.807, 2.05) is 0 Å². The number of unbranched alkanes of at least 4 members (excludes halogenated alkanes) is 3. The Labute approximate surface area is 166 Å². The molecule has 4 atom stereocenters. The summed E-state index contributed by atoms with van der Waals surface area (Å²) in [7, 11) is 0. The van der Waals surface area contributed by atoms with E-state index in [1.54, 1.807) is 0 Å². The maximum Gasteiger partial charge on any atom is 0.302 e. The number of ether oxygens (including phenoxy) is 1. The zero-order valence-corrected chi connectivity index (χ0v) is 17.6. The molecule has 0 saturated carbocycles. The SMILES string of the molecule is CCC=C[C@@H](C)CC=C[C@H]1C=CC[C@@H]1CCCCCCC(O)COC(C)=O. The Bertz CT molecular complexity index is 478. The summed E-state index contributed by atoms with van der Waals surface area (Å²) in [6.07, 6.45) is 23.6. The van der Waals surface area contributed by atoms with Crippen LogP contribution in [0.4, 0.5) is 0 Å². The molecule has 0 saturated heterocycles. The van der Waals surface area contributed by atoms with Gasteiger partial charge in [-0.05, 0) is 49.9 Å². The first-order valence-electron chi connectivity index (χ1n) is 10.8. The largest absolute Gasteiger partial charge is 0.463 e. The Balaban J connectivity index is 2.12. The van der Waals surface area contributed by atoms with Crippen molar-refractivity contribution in [3.63, 3.8) is 0 Å². The third kappa shape index (κ3) is 11.9. The fraction of sp³-hybridized carbons (Fsp3) is 0.708. The summed E-state index contributed by atoms with van der Waals surface area (Å²) in [4.78, 5) is 10.7. The highest BCUT2D eigenvalue weighted by Crippen LogP contribution is 2.31. The molecule has 0 bridgehead atoms. The van der Waals surface area contributed by atoms with E-state index in [4.69, 9.17) is 4.74 Å². The van der Waals surface area contributed by atoms with Crippen molar-refractivity contribution in [2.45, 2.75) is 84.7 Å². The van der Waals surface area contributed by atoms with Crippen molar-refractivity contribution in [3.05, 3.63) is 36.5 Å². The van der Waals surface area contributed by atoms with Crippen molar-refractivity contribution in [3.8, 4) is 0 Å². The van der Waals surface area contributed by atoms with E-state index in [2.05, 4.69) is 50.3 Å². The summed E-state index contributed by atoms with van der Waals surface area (Å²) in [5.74, 6) is 1.67. The molecule has 0 aromatic heterocycles. The quantitative estimate of drug-likeness (QED) is 0.230. The van der Waals surface area contributed by atoms with Gasteiger partial charge in [-0.15, -0.1) is 0 Å². The van der Waals surface area contributed by atoms with Crippen LogP contribution in [0.1, 0.15) is 78.6 Å². The summed E-state index contributed by atoms with van der Waals surface area (Å²) in [5, 5.41) is 9.73. The molecule has 1 unspecified atom stereocenters. The number of aliphatic hydroxyl groups excluding tert-OH is 1. The average Bonchev–Trinajstić information content (AvgIpc) is 3.08. The van der Waals surface area contributed by atoms with Crippen LogP contribution in [0, 0.1) is 17.8 Å². The van der Waals surface area contributed by atoms with Crippen molar-refractivity contribution in [2.75, 3.05) is 6.61 Å². The van der Waals surface area contributed by atoms with Gasteiger partial charge in [0.15, 0.2) is 0 Å². The molecule has 0 aliphatic heterocycles. The molecule has 0 heterocycles. The molecule has 3 heteroatoms. The number of esters is 1. The van der Waals surface area contributed by atoms with E-state index >= 15 is 0 Å². The Morgan fingerprint density at radius 1 is 1.26 bits per heavy atom. The Morgan fingerprint density at radius 2 is 2.04 bits per heavy atom. The highest BCUT2D eigenvalue weighted by molar-refractivity contribution is 5.65. The van der Waals surface area contributed by atoms with Crippen LogP contribution in [0.25, 0.3) is 0 Å². The lowest BCUT2D eigenvalue weighted by Crippen LogP contribution is -2.17. The highest BCUT2D eigenvalue weighted by atomic mass is 16.5. The van der Waals surface area contributed by atoms with Gasteiger partial charge in [0.25, 0.3) is 0 Å². The molecule has 1 aliphatic rings. The van der Waals surface area contributed by atoms with Crippen molar-refractivity contribution in [1.29, 1.82) is 0 Å². The summed E-state index contributed by atoms with van der Waals surface area (Å²) in [6.45, 7) is 5.96. The molecule has 1 N–H and O–H groups in total. The summed E-state index contributed by atoms with van der Waals surface area (Å²) < 4.78 is 4.82. The van der Waals surface area contributed by atoms with Gasteiger partial charge in [-0.2, -0.15) is 0 Å². The van der Waals surface area contributed by atoms with Gasteiger partial charge in [0.1, 0.15) is 6.61 Å². The van der Waals surface area contributed by atoms with Crippen molar-refractivity contribution in [1.82, 2.24) is 0 Å². The summed E-state index contributed by atoms with van der Waals surface area (Å²) >= 11 is 0. The maximum absolute atomic E-state index is 10.7. The van der Waals surface area contributed by atoms with Crippen LogP contribution in [0.3, 0.4) is 0 Å². The van der Waals surface area contributed by atoms with E-state index in [0.717, 1.165) is 31.6 Å². The van der Waals surface area contributed by atoms with Crippen LogP contribution in [-0.2, 0) is 9.53 Å². The van der Waals surface area contributed by atoms with E-state index in [1.165, 1.54) is 32.6 Å². The van der Waals surface area contributed by atoms with Gasteiger partial charge in [0.05, 0.1) is 6.10 Å². The van der Waals surface area contributed by atoms with E-state index in [0.29, 0.717) is 18.3 Å². The van der Waals surface area contributed by atoms with Crippen LogP contribution in [0.15, 0.2) is 36.5 Å². The lowest BCUT2D eigenvalue weighted by molar-refractivity contribution is -0.144. The number of carbonyl (C=O) groups is 1. The number of hydrogen-bond acceptors (Lipinski definition) is 3. The minimum Gasteiger partial charge on any atom is -0.463 e. The molecule has 0 amide bonds. The second kappa shape index (κ2) is 14.7. The Kier molecular flexibility index (Phi) is 12.9. The molecule has 0 radical (unpaired) electrons. The number of allylic oxidation sites excluding steroid dienone is 6. The zero-order valence-electron chi connectivity index (χ0n) is 17.6. The van der Waals surface area contributed by atoms with Gasteiger partial charge < -0.3 is 9.84 Å². The second-order valence-corrected chi connectivity index (χ2v) is 7.93. The standard InChI is InChI=1S/C24H40O3/c1-4-5-12-20(2)13-10-15-23-17-11-16-22(23)14-8-6-7-9-18-24(26)19-27-21(3)25/h5,10-12,15,17,20,22-24,26H,4,6-9,13-14,16,18-19H2,1-3H3/t20-,22+,23+,24?/m1/s1. The van der Waals surface area contributed by atoms with Crippen LogP contribution >= 0.6 is 0 Å². The first kappa shape index (κ1) is 23.7. The molecule has 0 fully saturated rings. The predicted molar refractivity (Wildman–Crippen MR) is 113 cm³/mol. The fourth-order valence-corrected chi connectivity index (χ4v) is 3.59. The topological polar surface area (TPSA) is 46.5 Å². The van der Waals surface area contributed by atoms with Gasteiger partial charge in [-0.25, -0.2) is 0 Å². The van der Waals surface area contributed by atoms with Gasteiger partial charge in [0.2, 0.25) is 0 Å². The number of carbonyl (C=O) groups excluding carboxylic acids is 1. The highest BCUT2D eigenvalue weighted by Gasteiger charge is 2.19. The molecule has 154 valence electrons. The van der Waals surface area contributed by atoms with Gasteiger partial charge >= 0.3 is 5.97 Å². The van der Waals surface area contributed by atoms with Crippen molar-refractivity contribution < 1.29 is 14.6 Å². The van der Waals surface area contributed by atoms with Crippen LogP contribution in [0.5, 0.6) is 0 Å². The first-order chi connectivity index (χ1) is 13.0. The minimum absolute atomic E-state index is 0.129. The molecule has 0 spiro atoms. The van der Waals surface area contributed by atoms with E-state index in [9.17, 15) is 9.90 Å². The lowest BCUT2D eigenvalue weighted by Gasteiger charge is -2.16. The zero-order chi connectivity index (χ0) is 19.9. The Morgan fingerprint density at radius 3 is 2.78 bits per heavy atom. The molecular weight excluding hydrogens is 336 g/mol. The third-order valence-corrected chi connectivity index (χ3v) is 5.25. The number of aliphatic hydroxyl groups is 1. The molecule has 0 aromatic carbocycles. The van der Waals surface area contributed by atoms with E-state index in [-0.39, 0.29) is 12.6 Å². The smallest absolute Gasteiger partial charge is 0.302 e. The fourth-order valence-electron chi connectivity index (χ4n) is 3.59. The molecule has 1 aliphatic carbocycles. The predicted octanol–water partition coefficient (Wildman–Crippen LogP) is 5.99. The van der Waals surface area contributed by atoms with Crippen LogP contribution < -0.4 is 0 Å². The molecule has 1 rings (SSSR count). The summed E-state index contributed by atoms with van der Waals surface area (Å²) in [6, 6.07) is 0. The molecule has 0 aromatic rings. The summed E-state index contributed by atoms with van der Waals surface area (Å²) in [5.41, 5.74) is 0. The normalized spacial score (nSPS) is 21.9. The van der Waals surface area contributed by atoms with Crippen molar-refractivity contribution in [2.24, 2.45) is 17.8 Å². The van der Waals surface area contributed by atoms with Crippen molar-refractivity contribution >= 4 is 5.97 Å². The van der Waals surface area contributed by atoms with Gasteiger partial charge in [-0.3, -0.25) is 4.79 Å².